The number of ether oxygens (including phenoxy) is 2. The van der Waals surface area contributed by atoms with Crippen LogP contribution in [-0.4, -0.2) is 29.6 Å². The van der Waals surface area contributed by atoms with Crippen LogP contribution in [0.25, 0.3) is 0 Å². The van der Waals surface area contributed by atoms with Crippen LogP contribution in [0.15, 0.2) is 42.5 Å². The minimum absolute atomic E-state index is 0.152. The lowest BCUT2D eigenvalue weighted by Gasteiger charge is -2.34. The first-order valence-corrected chi connectivity index (χ1v) is 8.53. The lowest BCUT2D eigenvalue weighted by atomic mass is 10.0. The molecule has 0 saturated carbocycles. The van der Waals surface area contributed by atoms with Crippen LogP contribution >= 0.6 is 11.6 Å². The number of amides is 2. The highest BCUT2D eigenvalue weighted by atomic mass is 35.5. The third-order valence-corrected chi connectivity index (χ3v) is 4.71. The molecule has 0 bridgehead atoms. The number of carbonyl (C=O) groups excluding carboxylic acids is 1. The molecule has 0 aliphatic carbocycles. The van der Waals surface area contributed by atoms with Gasteiger partial charge in [0.25, 0.3) is 0 Å². The molecule has 0 unspecified atom stereocenters. The summed E-state index contributed by atoms with van der Waals surface area (Å²) < 4.78 is 51.2. The van der Waals surface area contributed by atoms with Crippen LogP contribution in [0.5, 0.6) is 11.5 Å². The zero-order valence-corrected chi connectivity index (χ0v) is 14.6. The highest BCUT2D eigenvalue weighted by molar-refractivity contribution is 6.30. The maximum absolute atomic E-state index is 13.7. The van der Waals surface area contributed by atoms with Crippen molar-refractivity contribution in [1.29, 1.82) is 0 Å². The van der Waals surface area contributed by atoms with Crippen LogP contribution in [0.3, 0.4) is 0 Å². The Morgan fingerprint density at radius 3 is 2.56 bits per heavy atom. The van der Waals surface area contributed by atoms with Gasteiger partial charge >= 0.3 is 18.1 Å². The van der Waals surface area contributed by atoms with Crippen molar-refractivity contribution in [3.8, 4) is 11.5 Å². The number of fused-ring (bicyclic) bond motifs is 2. The molecule has 0 aromatic heterocycles. The van der Waals surface area contributed by atoms with Gasteiger partial charge in [0.1, 0.15) is 0 Å². The van der Waals surface area contributed by atoms with Gasteiger partial charge in [-0.2, -0.15) is 13.2 Å². The third-order valence-electron chi connectivity index (χ3n) is 4.48. The summed E-state index contributed by atoms with van der Waals surface area (Å²) >= 11 is 5.79. The molecule has 2 aliphatic rings. The first-order valence-electron chi connectivity index (χ1n) is 8.16. The van der Waals surface area contributed by atoms with E-state index in [0.29, 0.717) is 6.42 Å². The van der Waals surface area contributed by atoms with E-state index in [4.69, 9.17) is 21.1 Å². The Hall–Kier alpha value is -2.61. The molecule has 1 N–H and O–H groups in total. The van der Waals surface area contributed by atoms with Gasteiger partial charge in [-0.1, -0.05) is 35.9 Å². The lowest BCUT2D eigenvalue weighted by molar-refractivity contribution is -0.318. The monoisotopic (exact) mass is 398 g/mol. The molecule has 2 aromatic rings. The quantitative estimate of drug-likeness (QED) is 0.787. The number of rotatable bonds is 1. The van der Waals surface area contributed by atoms with Gasteiger partial charge < -0.3 is 14.4 Å². The summed E-state index contributed by atoms with van der Waals surface area (Å²) in [7, 11) is 0. The lowest BCUT2D eigenvalue weighted by Crippen LogP contribution is -2.66. The van der Waals surface area contributed by atoms with Crippen molar-refractivity contribution in [2.75, 3.05) is 6.54 Å². The predicted molar refractivity (Wildman–Crippen MR) is 90.6 cm³/mol. The first-order chi connectivity index (χ1) is 12.8. The molecule has 0 radical (unpaired) electrons. The van der Waals surface area contributed by atoms with E-state index in [1.807, 2.05) is 29.6 Å². The van der Waals surface area contributed by atoms with Gasteiger partial charge in [-0.25, -0.2) is 4.79 Å². The number of carbonyl (C=O) groups is 1. The van der Waals surface area contributed by atoms with Crippen molar-refractivity contribution in [3.63, 3.8) is 0 Å². The molecule has 9 heteroatoms. The number of benzene rings is 2. The Balaban J connectivity index is 1.57. The standard InChI is InChI=1S/C18H14ClF3N2O3/c19-13-5-6-14-15(9-13)27-18(26-14,17(20,21)22)23-16(25)24-8-7-11-3-1-2-4-12(11)10-24/h1-6,9H,7-8,10H2,(H,23,25)/t18-/m1/s1. The molecule has 4 rings (SSSR count). The fourth-order valence-electron chi connectivity index (χ4n) is 3.10. The largest absolute Gasteiger partial charge is 0.492 e. The van der Waals surface area contributed by atoms with Crippen molar-refractivity contribution in [2.45, 2.75) is 25.1 Å². The number of urea groups is 1. The molecule has 5 nitrogen and oxygen atoms in total. The van der Waals surface area contributed by atoms with Gasteiger partial charge in [0.15, 0.2) is 11.5 Å². The summed E-state index contributed by atoms with van der Waals surface area (Å²) in [5.74, 6) is -3.64. The van der Waals surface area contributed by atoms with Gasteiger partial charge in [-0.05, 0) is 29.7 Å². The molecular formula is C18H14ClF3N2O3. The van der Waals surface area contributed by atoms with Crippen LogP contribution in [-0.2, 0) is 13.0 Å². The second kappa shape index (κ2) is 6.23. The number of alkyl halides is 3. The molecular weight excluding hydrogens is 385 g/mol. The van der Waals surface area contributed by atoms with Gasteiger partial charge in [0, 0.05) is 24.2 Å². The number of nitrogens with one attached hydrogen (secondary N) is 1. The predicted octanol–water partition coefficient (Wildman–Crippen LogP) is 4.10. The zero-order valence-electron chi connectivity index (χ0n) is 13.8. The van der Waals surface area contributed by atoms with Crippen molar-refractivity contribution in [1.82, 2.24) is 10.2 Å². The Kier molecular flexibility index (Phi) is 4.10. The molecule has 0 fully saturated rings. The molecule has 142 valence electrons. The summed E-state index contributed by atoms with van der Waals surface area (Å²) in [6, 6.07) is 10.4. The van der Waals surface area contributed by atoms with E-state index < -0.39 is 18.1 Å². The molecule has 27 heavy (non-hydrogen) atoms. The molecule has 2 heterocycles. The minimum Gasteiger partial charge on any atom is -0.424 e. The van der Waals surface area contributed by atoms with Crippen molar-refractivity contribution < 1.29 is 27.4 Å². The molecule has 2 amide bonds. The molecule has 0 saturated heterocycles. The minimum atomic E-state index is -5.01. The van der Waals surface area contributed by atoms with Crippen LogP contribution in [0.1, 0.15) is 11.1 Å². The Morgan fingerprint density at radius 1 is 1.11 bits per heavy atom. The highest BCUT2D eigenvalue weighted by Gasteiger charge is 2.66. The summed E-state index contributed by atoms with van der Waals surface area (Å²) in [5.41, 5.74) is 1.96. The number of halogens is 4. The fraction of sp³-hybridized carbons (Fsp3) is 0.278. The van der Waals surface area contributed by atoms with Gasteiger partial charge in [-0.3, -0.25) is 5.32 Å². The van der Waals surface area contributed by atoms with E-state index >= 15 is 0 Å². The van der Waals surface area contributed by atoms with Crippen LogP contribution in [0, 0.1) is 0 Å². The average Bonchev–Trinajstić information content (AvgIpc) is 2.99. The van der Waals surface area contributed by atoms with Crippen molar-refractivity contribution >= 4 is 17.6 Å². The Morgan fingerprint density at radius 2 is 1.81 bits per heavy atom. The molecule has 2 aromatic carbocycles. The van der Waals surface area contributed by atoms with E-state index in [-0.39, 0.29) is 29.6 Å². The number of nitrogens with zero attached hydrogens (tertiary/aromatic N) is 1. The maximum atomic E-state index is 13.7. The molecule has 1 atom stereocenters. The van der Waals surface area contributed by atoms with Crippen LogP contribution < -0.4 is 14.8 Å². The van der Waals surface area contributed by atoms with Gasteiger partial charge in [-0.15, -0.1) is 0 Å². The summed E-state index contributed by atoms with van der Waals surface area (Å²) in [4.78, 5) is 13.9. The zero-order chi connectivity index (χ0) is 19.2. The number of hydrogen-bond donors (Lipinski definition) is 1. The fourth-order valence-corrected chi connectivity index (χ4v) is 3.27. The van der Waals surface area contributed by atoms with Crippen molar-refractivity contribution in [3.05, 3.63) is 58.6 Å². The maximum Gasteiger partial charge on any atom is 0.492 e. The van der Waals surface area contributed by atoms with Crippen molar-refractivity contribution in [2.24, 2.45) is 0 Å². The second-order valence-corrected chi connectivity index (χ2v) is 6.72. The second-order valence-electron chi connectivity index (χ2n) is 6.28. The smallest absolute Gasteiger partial charge is 0.424 e. The van der Waals surface area contributed by atoms with E-state index in [2.05, 4.69) is 0 Å². The summed E-state index contributed by atoms with van der Waals surface area (Å²) in [6.07, 6.45) is -4.46. The summed E-state index contributed by atoms with van der Waals surface area (Å²) in [6.45, 7) is 0.490. The van der Waals surface area contributed by atoms with Crippen LogP contribution in [0.4, 0.5) is 18.0 Å². The Labute approximate surface area is 157 Å². The van der Waals surface area contributed by atoms with Gasteiger partial charge in [0.2, 0.25) is 0 Å². The highest BCUT2D eigenvalue weighted by Crippen LogP contribution is 2.46. The van der Waals surface area contributed by atoms with E-state index in [1.54, 1.807) is 0 Å². The van der Waals surface area contributed by atoms with Crippen LogP contribution in [0.2, 0.25) is 5.02 Å². The summed E-state index contributed by atoms with van der Waals surface area (Å²) in [5, 5.41) is 2.06. The SMILES string of the molecule is O=C(N[C@]1(C(F)(F)F)Oc2ccc(Cl)cc2O1)N1CCc2ccccc2C1. The first kappa shape index (κ1) is 17.8. The molecule has 2 aliphatic heterocycles. The number of hydrogen-bond acceptors (Lipinski definition) is 3. The van der Waals surface area contributed by atoms with Gasteiger partial charge in [0.05, 0.1) is 0 Å². The van der Waals surface area contributed by atoms with E-state index in [1.165, 1.54) is 23.1 Å². The van der Waals surface area contributed by atoms with E-state index in [9.17, 15) is 18.0 Å². The normalized spacial score (nSPS) is 21.0. The third kappa shape index (κ3) is 3.14. The average molecular weight is 399 g/mol. The Bertz CT molecular complexity index is 906. The molecule has 0 spiro atoms. The topological polar surface area (TPSA) is 50.8 Å². The van der Waals surface area contributed by atoms with E-state index in [0.717, 1.165) is 11.1 Å².